The number of rotatable bonds is 4. The van der Waals surface area contributed by atoms with E-state index in [1.165, 1.54) is 17.8 Å². The number of nitrogens with zero attached hydrogens (tertiary/aromatic N) is 1. The molecule has 1 aromatic heterocycles. The number of thioether (sulfide) groups is 1. The molecule has 0 saturated carbocycles. The average Bonchev–Trinajstić information content (AvgIpc) is 2.72. The second-order valence-corrected chi connectivity index (χ2v) is 5.89. The molecule has 0 aliphatic heterocycles. The Morgan fingerprint density at radius 2 is 2.17 bits per heavy atom. The maximum absolute atomic E-state index is 13.3. The smallest absolute Gasteiger partial charge is 0.423 e. The van der Waals surface area contributed by atoms with E-state index in [2.05, 4.69) is 4.98 Å². The van der Waals surface area contributed by atoms with Crippen molar-refractivity contribution < 1.29 is 14.4 Å². The average molecular weight is 283 g/mol. The highest BCUT2D eigenvalue weighted by Crippen LogP contribution is 2.25. The van der Waals surface area contributed by atoms with Gasteiger partial charge < -0.3 is 10.0 Å². The normalized spacial score (nSPS) is 10.7. The first kappa shape index (κ1) is 13.5. The van der Waals surface area contributed by atoms with E-state index in [4.69, 9.17) is 10.0 Å². The molecule has 0 amide bonds. The Balaban J connectivity index is 2.09. The van der Waals surface area contributed by atoms with Gasteiger partial charge in [-0.25, -0.2) is 9.37 Å². The summed E-state index contributed by atoms with van der Waals surface area (Å²) in [6.07, 6.45) is 0. The van der Waals surface area contributed by atoms with Crippen molar-refractivity contribution in [1.82, 2.24) is 4.98 Å². The fourth-order valence-electron chi connectivity index (χ4n) is 1.45. The minimum atomic E-state index is -1.65. The summed E-state index contributed by atoms with van der Waals surface area (Å²) in [4.78, 5) is 4.29. The van der Waals surface area contributed by atoms with Crippen LogP contribution < -0.4 is 5.46 Å². The predicted octanol–water partition coefficient (Wildman–Crippen LogP) is 1.56. The molecule has 1 aromatic carbocycles. The molecule has 2 N–H and O–H groups in total. The van der Waals surface area contributed by atoms with Gasteiger partial charge in [0.05, 0.1) is 0 Å². The van der Waals surface area contributed by atoms with Gasteiger partial charge in [0, 0.05) is 16.8 Å². The van der Waals surface area contributed by atoms with Crippen LogP contribution in [0.4, 0.5) is 4.39 Å². The fourth-order valence-corrected chi connectivity index (χ4v) is 3.23. The topological polar surface area (TPSA) is 53.4 Å². The van der Waals surface area contributed by atoms with Gasteiger partial charge >= 0.3 is 7.12 Å². The van der Waals surface area contributed by atoms with Crippen molar-refractivity contribution in [2.45, 2.75) is 17.0 Å². The largest absolute Gasteiger partial charge is 0.488 e. The molecule has 0 aliphatic carbocycles. The summed E-state index contributed by atoms with van der Waals surface area (Å²) in [5, 5.41) is 20.0. The summed E-state index contributed by atoms with van der Waals surface area (Å²) in [6.45, 7) is 1.92. The van der Waals surface area contributed by atoms with Crippen LogP contribution >= 0.6 is 23.1 Å². The van der Waals surface area contributed by atoms with Crippen molar-refractivity contribution in [2.75, 3.05) is 0 Å². The maximum Gasteiger partial charge on any atom is 0.488 e. The molecule has 94 valence electrons. The highest BCUT2D eigenvalue weighted by Gasteiger charge is 2.13. The number of benzene rings is 1. The van der Waals surface area contributed by atoms with Crippen LogP contribution in [0.1, 0.15) is 11.3 Å². The van der Waals surface area contributed by atoms with Crippen molar-refractivity contribution in [3.8, 4) is 0 Å². The molecule has 0 bridgehead atoms. The Bertz CT molecular complexity index is 548. The molecule has 0 aliphatic rings. The molecule has 0 unspecified atom stereocenters. The van der Waals surface area contributed by atoms with E-state index in [0.29, 0.717) is 11.3 Å². The summed E-state index contributed by atoms with van der Waals surface area (Å²) in [5.74, 6) is 0.0799. The Kier molecular flexibility index (Phi) is 4.39. The number of aryl methyl sites for hydroxylation is 1. The molecule has 3 nitrogen and oxygen atoms in total. The fraction of sp³-hybridized carbons (Fsp3) is 0.182. The standard InChI is InChI=1S/C11H11BFNO2S2/c1-7-5-17-11(14-7)18-6-8-2-9(12(15)16)4-10(13)3-8/h2-5,15-16H,6H2,1H3. The summed E-state index contributed by atoms with van der Waals surface area (Å²) in [7, 11) is -1.65. The number of halogens is 1. The van der Waals surface area contributed by atoms with Crippen LogP contribution in [0, 0.1) is 12.7 Å². The van der Waals surface area contributed by atoms with Crippen molar-refractivity contribution in [2.24, 2.45) is 0 Å². The van der Waals surface area contributed by atoms with E-state index in [1.54, 1.807) is 17.4 Å². The highest BCUT2D eigenvalue weighted by molar-refractivity contribution is 8.00. The van der Waals surface area contributed by atoms with Gasteiger partial charge in [0.1, 0.15) is 10.2 Å². The highest BCUT2D eigenvalue weighted by atomic mass is 32.2. The van der Waals surface area contributed by atoms with Gasteiger partial charge in [0.15, 0.2) is 0 Å². The van der Waals surface area contributed by atoms with Crippen molar-refractivity contribution in [3.63, 3.8) is 0 Å². The monoisotopic (exact) mass is 283 g/mol. The third kappa shape index (κ3) is 3.55. The lowest BCUT2D eigenvalue weighted by Crippen LogP contribution is -2.30. The number of hydrogen-bond donors (Lipinski definition) is 2. The second kappa shape index (κ2) is 5.84. The minimum Gasteiger partial charge on any atom is -0.423 e. The quantitative estimate of drug-likeness (QED) is 0.660. The van der Waals surface area contributed by atoms with E-state index in [1.807, 2.05) is 12.3 Å². The molecule has 0 radical (unpaired) electrons. The molecule has 0 atom stereocenters. The summed E-state index contributed by atoms with van der Waals surface area (Å²) < 4.78 is 14.2. The van der Waals surface area contributed by atoms with Crippen LogP contribution in [-0.4, -0.2) is 22.2 Å². The van der Waals surface area contributed by atoms with Crippen molar-refractivity contribution in [1.29, 1.82) is 0 Å². The molecule has 18 heavy (non-hydrogen) atoms. The van der Waals surface area contributed by atoms with Gasteiger partial charge in [-0.15, -0.1) is 11.3 Å². The lowest BCUT2D eigenvalue weighted by molar-refractivity contribution is 0.425. The van der Waals surface area contributed by atoms with Gasteiger partial charge in [0.25, 0.3) is 0 Å². The number of thiazole rings is 1. The lowest BCUT2D eigenvalue weighted by Gasteiger charge is -2.04. The molecule has 2 rings (SSSR count). The van der Waals surface area contributed by atoms with Gasteiger partial charge in [-0.2, -0.15) is 0 Å². The van der Waals surface area contributed by atoms with E-state index >= 15 is 0 Å². The van der Waals surface area contributed by atoms with Crippen LogP contribution in [0.15, 0.2) is 27.9 Å². The molecule has 0 fully saturated rings. The molecule has 1 heterocycles. The molecule has 2 aromatic rings. The molecule has 0 spiro atoms. The van der Waals surface area contributed by atoms with Crippen molar-refractivity contribution in [3.05, 3.63) is 40.7 Å². The Morgan fingerprint density at radius 3 is 2.78 bits per heavy atom. The summed E-state index contributed by atoms with van der Waals surface area (Å²) in [5.41, 5.74) is 1.84. The molecule has 0 saturated heterocycles. The summed E-state index contributed by atoms with van der Waals surface area (Å²) >= 11 is 3.04. The SMILES string of the molecule is Cc1csc(SCc2cc(F)cc(B(O)O)c2)n1. The first-order chi connectivity index (χ1) is 8.54. The Labute approximate surface area is 113 Å². The zero-order valence-electron chi connectivity index (χ0n) is 9.63. The van der Waals surface area contributed by atoms with E-state index in [9.17, 15) is 4.39 Å². The lowest BCUT2D eigenvalue weighted by atomic mass is 9.79. The maximum atomic E-state index is 13.3. The van der Waals surface area contributed by atoms with Crippen molar-refractivity contribution >= 4 is 35.7 Å². The van der Waals surface area contributed by atoms with Crippen LogP contribution in [-0.2, 0) is 5.75 Å². The number of aromatic nitrogens is 1. The zero-order chi connectivity index (χ0) is 13.1. The predicted molar refractivity (Wildman–Crippen MR) is 72.6 cm³/mol. The third-order valence-electron chi connectivity index (χ3n) is 2.24. The zero-order valence-corrected chi connectivity index (χ0v) is 11.3. The van der Waals surface area contributed by atoms with Crippen LogP contribution in [0.2, 0.25) is 0 Å². The Hall–Kier alpha value is -0.885. The van der Waals surface area contributed by atoms with Gasteiger partial charge in [0.2, 0.25) is 0 Å². The van der Waals surface area contributed by atoms with Gasteiger partial charge in [-0.05, 0) is 30.1 Å². The van der Waals surface area contributed by atoms with Crippen LogP contribution in [0.3, 0.4) is 0 Å². The first-order valence-corrected chi connectivity index (χ1v) is 7.11. The second-order valence-electron chi connectivity index (χ2n) is 3.81. The molecular weight excluding hydrogens is 272 g/mol. The minimum absolute atomic E-state index is 0.168. The van der Waals surface area contributed by atoms with E-state index < -0.39 is 12.9 Å². The van der Waals surface area contributed by atoms with E-state index in [0.717, 1.165) is 16.1 Å². The van der Waals surface area contributed by atoms with Crippen LogP contribution in [0.5, 0.6) is 0 Å². The molecular formula is C11H11BFNO2S2. The summed E-state index contributed by atoms with van der Waals surface area (Å²) in [6, 6.07) is 4.09. The Morgan fingerprint density at radius 1 is 1.39 bits per heavy atom. The van der Waals surface area contributed by atoms with E-state index in [-0.39, 0.29) is 5.46 Å². The number of hydrogen-bond acceptors (Lipinski definition) is 5. The van der Waals surface area contributed by atoms with Gasteiger partial charge in [-0.3, -0.25) is 0 Å². The third-order valence-corrected chi connectivity index (χ3v) is 4.45. The van der Waals surface area contributed by atoms with Crippen LogP contribution in [0.25, 0.3) is 0 Å². The van der Waals surface area contributed by atoms with Gasteiger partial charge in [-0.1, -0.05) is 17.8 Å². The molecule has 7 heteroatoms. The first-order valence-electron chi connectivity index (χ1n) is 5.25.